The van der Waals surface area contributed by atoms with Crippen LogP contribution in [0.5, 0.6) is 5.75 Å². The quantitative estimate of drug-likeness (QED) is 0.520. The van der Waals surface area contributed by atoms with Crippen LogP contribution in [-0.4, -0.2) is 45.6 Å². The predicted octanol–water partition coefficient (Wildman–Crippen LogP) is 1.88. The Hall–Kier alpha value is -2.87. The molecular weight excluding hydrogens is 430 g/mol. The van der Waals surface area contributed by atoms with Gasteiger partial charge in [0.05, 0.1) is 24.9 Å². The second-order valence-electron chi connectivity index (χ2n) is 10.0. The molecule has 0 bridgehead atoms. The smallest absolute Gasteiger partial charge is 0.274 e. The third kappa shape index (κ3) is 4.19. The number of aromatic amines is 1. The molecular formula is C26H35N5O3. The summed E-state index contributed by atoms with van der Waals surface area (Å²) in [5.74, 6) is 1.26. The van der Waals surface area contributed by atoms with Crippen molar-refractivity contribution in [3.05, 3.63) is 44.6 Å². The molecule has 1 aromatic carbocycles. The van der Waals surface area contributed by atoms with Crippen molar-refractivity contribution in [3.8, 4) is 5.75 Å². The zero-order chi connectivity index (χ0) is 23.8. The fraction of sp³-hybridized carbons (Fsp3) is 0.577. The summed E-state index contributed by atoms with van der Waals surface area (Å²) in [6, 6.07) is 4.23. The second kappa shape index (κ2) is 9.41. The van der Waals surface area contributed by atoms with Crippen molar-refractivity contribution in [3.63, 3.8) is 0 Å². The van der Waals surface area contributed by atoms with Crippen LogP contribution < -0.4 is 27.0 Å². The van der Waals surface area contributed by atoms with E-state index in [-0.39, 0.29) is 17.5 Å². The number of carbonyl (C=O) groups excluding carboxylic acids is 1. The van der Waals surface area contributed by atoms with Crippen LogP contribution in [-0.2, 0) is 11.3 Å². The van der Waals surface area contributed by atoms with Gasteiger partial charge in [-0.05, 0) is 69.5 Å². The van der Waals surface area contributed by atoms with E-state index in [1.807, 2.05) is 19.1 Å². The van der Waals surface area contributed by atoms with Gasteiger partial charge in [-0.15, -0.1) is 0 Å². The van der Waals surface area contributed by atoms with Crippen molar-refractivity contribution in [2.24, 2.45) is 16.6 Å². The number of hydrogen-bond donors (Lipinski definition) is 2. The van der Waals surface area contributed by atoms with Crippen LogP contribution in [0.4, 0.5) is 5.69 Å². The van der Waals surface area contributed by atoms with Crippen LogP contribution in [0.3, 0.4) is 0 Å². The maximum absolute atomic E-state index is 12.4. The van der Waals surface area contributed by atoms with Crippen LogP contribution in [0, 0.1) is 12.8 Å². The van der Waals surface area contributed by atoms with Crippen LogP contribution in [0.2, 0.25) is 0 Å². The largest absolute Gasteiger partial charge is 0.493 e. The Labute approximate surface area is 199 Å². The topological polar surface area (TPSA) is 106 Å². The third-order valence-electron chi connectivity index (χ3n) is 7.94. The minimum absolute atomic E-state index is 0.217. The zero-order valence-corrected chi connectivity index (χ0v) is 20.0. The summed E-state index contributed by atoms with van der Waals surface area (Å²) >= 11 is 0. The Balaban J connectivity index is 1.26. The number of nitrogens with two attached hydrogens (primary N) is 1. The number of aryl methyl sites for hydroxylation is 1. The van der Waals surface area contributed by atoms with Gasteiger partial charge in [0.25, 0.3) is 5.56 Å². The highest BCUT2D eigenvalue weighted by Crippen LogP contribution is 2.37. The number of amides is 1. The Morgan fingerprint density at radius 1 is 1.29 bits per heavy atom. The number of ether oxygens (including phenoxy) is 1. The third-order valence-corrected chi connectivity index (χ3v) is 7.94. The van der Waals surface area contributed by atoms with Gasteiger partial charge in [-0.3, -0.25) is 19.5 Å². The van der Waals surface area contributed by atoms with E-state index in [1.54, 1.807) is 4.57 Å². The predicted molar refractivity (Wildman–Crippen MR) is 131 cm³/mol. The fourth-order valence-electron chi connectivity index (χ4n) is 6.17. The van der Waals surface area contributed by atoms with Gasteiger partial charge in [-0.25, -0.2) is 4.99 Å². The molecule has 3 unspecified atom stereocenters. The summed E-state index contributed by atoms with van der Waals surface area (Å²) in [7, 11) is 0. The fourth-order valence-corrected chi connectivity index (χ4v) is 6.17. The molecule has 2 aliphatic heterocycles. The summed E-state index contributed by atoms with van der Waals surface area (Å²) in [5.41, 5.74) is 9.00. The number of hydrogen-bond acceptors (Lipinski definition) is 5. The number of piperidine rings is 1. The molecule has 2 fully saturated rings. The second-order valence-corrected chi connectivity index (χ2v) is 10.0. The van der Waals surface area contributed by atoms with Crippen molar-refractivity contribution in [2.45, 2.75) is 76.9 Å². The number of primary amides is 1. The molecule has 5 rings (SSSR count). The average Bonchev–Trinajstić information content (AvgIpc) is 3.11. The first-order valence-corrected chi connectivity index (χ1v) is 12.6. The maximum Gasteiger partial charge on any atom is 0.274 e. The summed E-state index contributed by atoms with van der Waals surface area (Å²) in [5, 5.41) is 0.392. The Kier molecular flexibility index (Phi) is 6.34. The lowest BCUT2D eigenvalue weighted by atomic mass is 9.77. The average molecular weight is 466 g/mol. The first kappa shape index (κ1) is 22.9. The lowest BCUT2D eigenvalue weighted by Crippen LogP contribution is -2.55. The van der Waals surface area contributed by atoms with Crippen LogP contribution in [0.15, 0.2) is 21.9 Å². The molecule has 1 aromatic heterocycles. The number of H-pyrrole nitrogens is 1. The number of likely N-dealkylation sites (tertiary alicyclic amines) is 1. The Morgan fingerprint density at radius 2 is 2.09 bits per heavy atom. The lowest BCUT2D eigenvalue weighted by molar-refractivity contribution is -0.126. The molecule has 182 valence electrons. The summed E-state index contributed by atoms with van der Waals surface area (Å²) in [6.07, 6.45) is 8.91. The molecule has 3 aliphatic rings. The maximum atomic E-state index is 12.4. The van der Waals surface area contributed by atoms with Crippen molar-refractivity contribution in [1.29, 1.82) is 0 Å². The number of carbonyl (C=O) groups is 1. The number of nitrogens with one attached hydrogen (secondary N) is 1. The van der Waals surface area contributed by atoms with E-state index >= 15 is 0 Å². The lowest BCUT2D eigenvalue weighted by Gasteiger charge is -2.46. The molecule has 0 radical (unpaired) electrons. The number of benzene rings is 1. The molecule has 34 heavy (non-hydrogen) atoms. The van der Waals surface area contributed by atoms with E-state index in [2.05, 4.69) is 21.5 Å². The number of aromatic nitrogens is 2. The zero-order valence-electron chi connectivity index (χ0n) is 20.0. The van der Waals surface area contributed by atoms with Crippen molar-refractivity contribution < 1.29 is 9.53 Å². The molecule has 0 spiro atoms. The van der Waals surface area contributed by atoms with Gasteiger partial charge in [0.2, 0.25) is 11.5 Å². The summed E-state index contributed by atoms with van der Waals surface area (Å²) in [4.78, 5) is 34.2. The summed E-state index contributed by atoms with van der Waals surface area (Å²) < 4.78 is 7.98. The normalized spacial score (nSPS) is 22.7. The van der Waals surface area contributed by atoms with Crippen molar-refractivity contribution in [2.75, 3.05) is 13.2 Å². The Bertz CT molecular complexity index is 1240. The molecule has 3 atom stereocenters. The standard InChI is InChI=1S/C26H35N5O3/c1-16-11-12-22(19-15-31-17(2)25(33)29-26(31)28-23(16)19)34-14-6-10-21(24(27)32)30-13-5-8-18-7-3-4-9-20(18)30/h11-12,18,20-21H,2-10,13-15H2,1H3,(H2,27,32)(H,28,29,33). The number of nitrogens with zero attached hydrogens (tertiary/aromatic N) is 3. The molecule has 1 aliphatic carbocycles. The Morgan fingerprint density at radius 3 is 2.91 bits per heavy atom. The van der Waals surface area contributed by atoms with Gasteiger partial charge in [0.15, 0.2) is 0 Å². The van der Waals surface area contributed by atoms with Gasteiger partial charge in [0.1, 0.15) is 11.1 Å². The molecule has 1 saturated carbocycles. The highest BCUT2D eigenvalue weighted by Gasteiger charge is 2.38. The van der Waals surface area contributed by atoms with Gasteiger partial charge < -0.3 is 15.0 Å². The molecule has 1 saturated heterocycles. The molecule has 1 amide bonds. The van der Waals surface area contributed by atoms with Gasteiger partial charge in [-0.1, -0.05) is 25.5 Å². The minimum atomic E-state index is -0.224. The van der Waals surface area contributed by atoms with Gasteiger partial charge in [0, 0.05) is 11.6 Å². The highest BCUT2D eigenvalue weighted by molar-refractivity contribution is 5.79. The van der Waals surface area contributed by atoms with Crippen LogP contribution in [0.25, 0.3) is 6.58 Å². The van der Waals surface area contributed by atoms with Gasteiger partial charge in [-0.2, -0.15) is 0 Å². The van der Waals surface area contributed by atoms with Gasteiger partial charge >= 0.3 is 0 Å². The summed E-state index contributed by atoms with van der Waals surface area (Å²) in [6.45, 7) is 7.83. The van der Waals surface area contributed by atoms with Crippen molar-refractivity contribution >= 4 is 18.2 Å². The molecule has 3 heterocycles. The van der Waals surface area contributed by atoms with Crippen molar-refractivity contribution in [1.82, 2.24) is 14.5 Å². The minimum Gasteiger partial charge on any atom is -0.493 e. The molecule has 3 N–H and O–H groups in total. The number of fused-ring (bicyclic) bond motifs is 3. The van der Waals surface area contributed by atoms with E-state index in [1.165, 1.54) is 32.1 Å². The van der Waals surface area contributed by atoms with Crippen LogP contribution in [0.1, 0.15) is 62.5 Å². The SMILES string of the molecule is C=c1c(=O)[nH]c2n1Cc1c(OCCCC(C(N)=O)N3CCCC4CCCCC43)ccc(C)c1N=2. The first-order valence-electron chi connectivity index (χ1n) is 12.6. The number of imidazole rings is 1. The molecule has 8 heteroatoms. The van der Waals surface area contributed by atoms with Crippen LogP contribution >= 0.6 is 0 Å². The monoisotopic (exact) mass is 465 g/mol. The van der Waals surface area contributed by atoms with E-state index in [9.17, 15) is 9.59 Å². The van der Waals surface area contributed by atoms with E-state index in [0.717, 1.165) is 42.0 Å². The molecule has 2 aromatic rings. The molecule has 8 nitrogen and oxygen atoms in total. The van der Waals surface area contributed by atoms with E-state index < -0.39 is 0 Å². The highest BCUT2D eigenvalue weighted by atomic mass is 16.5. The number of rotatable bonds is 7. The van der Waals surface area contributed by atoms with E-state index in [0.29, 0.717) is 42.5 Å². The van der Waals surface area contributed by atoms with E-state index in [4.69, 9.17) is 10.5 Å². The first-order chi connectivity index (χ1) is 16.4.